The van der Waals surface area contributed by atoms with Gasteiger partial charge in [0.1, 0.15) is 5.76 Å². The van der Waals surface area contributed by atoms with Crippen LogP contribution in [0.2, 0.25) is 0 Å². The van der Waals surface area contributed by atoms with Crippen molar-refractivity contribution in [1.82, 2.24) is 0 Å². The molecule has 0 heterocycles. The van der Waals surface area contributed by atoms with Gasteiger partial charge in [0.25, 0.3) is 0 Å². The molecule has 0 amide bonds. The minimum atomic E-state index is 0.107. The summed E-state index contributed by atoms with van der Waals surface area (Å²) in [5, 5.41) is 12.3. The molecule has 2 N–H and O–H groups in total. The Balaban J connectivity index is 0.000000294. The number of nitrogens with one attached hydrogen (secondary N) is 1. The number of aliphatic hydroxyl groups is 1. The molecule has 0 spiro atoms. The molecular formula is C23H29NOS. The number of rotatable bonds is 7. The van der Waals surface area contributed by atoms with E-state index in [1.54, 1.807) is 0 Å². The smallest absolute Gasteiger partial charge is 0.121 e. The quantitative estimate of drug-likeness (QED) is 0.405. The summed E-state index contributed by atoms with van der Waals surface area (Å²) in [6.07, 6.45) is 2.90. The third-order valence-corrected chi connectivity index (χ3v) is 4.57. The van der Waals surface area contributed by atoms with Crippen LogP contribution in [0.1, 0.15) is 31.9 Å². The summed E-state index contributed by atoms with van der Waals surface area (Å²) in [5.41, 5.74) is 3.87. The van der Waals surface area contributed by atoms with Gasteiger partial charge < -0.3 is 10.4 Å². The first kappa shape index (κ1) is 21.7. The topological polar surface area (TPSA) is 32.3 Å². The van der Waals surface area contributed by atoms with Gasteiger partial charge in [0.2, 0.25) is 0 Å². The van der Waals surface area contributed by atoms with Gasteiger partial charge in [-0.05, 0) is 48.4 Å². The second-order valence-corrected chi connectivity index (χ2v) is 7.13. The predicted molar refractivity (Wildman–Crippen MR) is 118 cm³/mol. The summed E-state index contributed by atoms with van der Waals surface area (Å²) in [6, 6.07) is 19.1. The van der Waals surface area contributed by atoms with Crippen LogP contribution in [0, 0.1) is 0 Å². The molecule has 0 aliphatic carbocycles. The van der Waals surface area contributed by atoms with Crippen LogP contribution in [0.4, 0.5) is 5.69 Å². The number of aliphatic hydroxyl groups excluding tert-OH is 1. The van der Waals surface area contributed by atoms with Crippen molar-refractivity contribution in [2.24, 2.45) is 0 Å². The molecule has 2 aromatic rings. The van der Waals surface area contributed by atoms with Crippen molar-refractivity contribution in [3.8, 4) is 0 Å². The molecule has 0 saturated heterocycles. The lowest BCUT2D eigenvalue weighted by Gasteiger charge is -2.07. The number of thioether (sulfide) groups is 1. The van der Waals surface area contributed by atoms with Crippen LogP contribution in [0.25, 0.3) is 0 Å². The van der Waals surface area contributed by atoms with E-state index in [0.29, 0.717) is 0 Å². The van der Waals surface area contributed by atoms with E-state index in [1.165, 1.54) is 28.6 Å². The second kappa shape index (κ2) is 12.0. The van der Waals surface area contributed by atoms with Gasteiger partial charge >= 0.3 is 0 Å². The highest BCUT2D eigenvalue weighted by Crippen LogP contribution is 2.26. The fourth-order valence-electron chi connectivity index (χ4n) is 2.13. The molecule has 0 aliphatic heterocycles. The van der Waals surface area contributed by atoms with Crippen molar-refractivity contribution in [2.45, 2.75) is 33.7 Å². The van der Waals surface area contributed by atoms with E-state index >= 15 is 0 Å². The average Bonchev–Trinajstić information content (AvgIpc) is 2.66. The van der Waals surface area contributed by atoms with E-state index in [4.69, 9.17) is 5.11 Å². The molecule has 0 aliphatic rings. The lowest BCUT2D eigenvalue weighted by Crippen LogP contribution is -1.98. The molecule has 0 atom stereocenters. The molecule has 26 heavy (non-hydrogen) atoms. The summed E-state index contributed by atoms with van der Waals surface area (Å²) in [5.74, 6) is 0.107. The average molecular weight is 368 g/mol. The maximum Gasteiger partial charge on any atom is 0.121 e. The Labute approximate surface area is 162 Å². The van der Waals surface area contributed by atoms with E-state index in [9.17, 15) is 0 Å². The van der Waals surface area contributed by atoms with Gasteiger partial charge in [-0.2, -0.15) is 0 Å². The van der Waals surface area contributed by atoms with Crippen molar-refractivity contribution in [2.75, 3.05) is 5.32 Å². The maximum atomic E-state index is 8.94. The van der Waals surface area contributed by atoms with Crippen LogP contribution in [-0.2, 0) is 13.0 Å². The van der Waals surface area contributed by atoms with Gasteiger partial charge in [0.05, 0.1) is 0 Å². The molecule has 0 unspecified atom stereocenters. The molecule has 2 rings (SSSR count). The largest absolute Gasteiger partial charge is 0.507 e. The Morgan fingerprint density at radius 1 is 1.04 bits per heavy atom. The Bertz CT molecular complexity index is 718. The number of hydrogen-bond acceptors (Lipinski definition) is 3. The van der Waals surface area contributed by atoms with Crippen molar-refractivity contribution in [1.29, 1.82) is 0 Å². The van der Waals surface area contributed by atoms with Crippen molar-refractivity contribution in [3.05, 3.63) is 101 Å². The van der Waals surface area contributed by atoms with Crippen LogP contribution >= 0.6 is 11.8 Å². The van der Waals surface area contributed by atoms with Gasteiger partial charge in [0.15, 0.2) is 0 Å². The molecule has 0 radical (unpaired) electrons. The molecule has 138 valence electrons. The Morgan fingerprint density at radius 2 is 1.65 bits per heavy atom. The summed E-state index contributed by atoms with van der Waals surface area (Å²) >= 11 is 1.42. The highest BCUT2D eigenvalue weighted by Gasteiger charge is 1.99. The first-order chi connectivity index (χ1) is 12.5. The third-order valence-electron chi connectivity index (χ3n) is 3.53. The van der Waals surface area contributed by atoms with Crippen LogP contribution < -0.4 is 5.32 Å². The standard InChI is InChI=1S/C15H17N.C8H12OS/c1-2-13-8-10-15(11-9-13)16-12-14-6-4-3-5-7-14;1-5-8(7(4)9)10-6(2)3/h3-11,16H,2,12H2,1H3;5,9H,2,4H2,1,3H3/b;8-5-. The summed E-state index contributed by atoms with van der Waals surface area (Å²) in [7, 11) is 0. The van der Waals surface area contributed by atoms with Gasteiger partial charge in [-0.25, -0.2) is 0 Å². The highest BCUT2D eigenvalue weighted by atomic mass is 32.2. The normalized spacial score (nSPS) is 10.5. The summed E-state index contributed by atoms with van der Waals surface area (Å²) < 4.78 is 0. The molecule has 0 bridgehead atoms. The maximum absolute atomic E-state index is 8.94. The predicted octanol–water partition coefficient (Wildman–Crippen LogP) is 7.09. The lowest BCUT2D eigenvalue weighted by atomic mass is 10.1. The monoisotopic (exact) mass is 367 g/mol. The van der Waals surface area contributed by atoms with Gasteiger partial charge in [0, 0.05) is 17.1 Å². The van der Waals surface area contributed by atoms with Crippen LogP contribution in [-0.4, -0.2) is 5.11 Å². The third kappa shape index (κ3) is 8.63. The van der Waals surface area contributed by atoms with Gasteiger partial charge in [-0.15, -0.1) is 0 Å². The van der Waals surface area contributed by atoms with Crippen LogP contribution in [0.3, 0.4) is 0 Å². The van der Waals surface area contributed by atoms with Gasteiger partial charge in [-0.1, -0.05) is 80.4 Å². The zero-order chi connectivity index (χ0) is 19.4. The molecule has 2 aromatic carbocycles. The first-order valence-electron chi connectivity index (χ1n) is 8.70. The van der Waals surface area contributed by atoms with Crippen LogP contribution in [0.5, 0.6) is 0 Å². The second-order valence-electron chi connectivity index (χ2n) is 5.79. The number of aryl methyl sites for hydroxylation is 1. The lowest BCUT2D eigenvalue weighted by molar-refractivity contribution is 0.433. The van der Waals surface area contributed by atoms with Gasteiger partial charge in [-0.3, -0.25) is 0 Å². The molecule has 0 fully saturated rings. The number of allylic oxidation sites excluding steroid dienone is 2. The minimum absolute atomic E-state index is 0.107. The number of benzene rings is 2. The molecule has 3 heteroatoms. The fourth-order valence-corrected chi connectivity index (χ4v) is 2.74. The van der Waals surface area contributed by atoms with E-state index in [-0.39, 0.29) is 5.76 Å². The molecular weight excluding hydrogens is 338 g/mol. The van der Waals surface area contributed by atoms with E-state index in [2.05, 4.69) is 73.9 Å². The van der Waals surface area contributed by atoms with E-state index < -0.39 is 0 Å². The Morgan fingerprint density at radius 3 is 2.08 bits per heavy atom. The highest BCUT2D eigenvalue weighted by molar-refractivity contribution is 8.06. The van der Waals surface area contributed by atoms with Crippen molar-refractivity contribution >= 4 is 17.4 Å². The zero-order valence-corrected chi connectivity index (χ0v) is 16.8. The van der Waals surface area contributed by atoms with Crippen molar-refractivity contribution in [3.63, 3.8) is 0 Å². The minimum Gasteiger partial charge on any atom is -0.507 e. The zero-order valence-electron chi connectivity index (χ0n) is 16.0. The molecule has 0 saturated carbocycles. The molecule has 0 aromatic heterocycles. The van der Waals surface area contributed by atoms with Crippen molar-refractivity contribution < 1.29 is 5.11 Å². The van der Waals surface area contributed by atoms with E-state index in [1.807, 2.05) is 26.0 Å². The fraction of sp³-hybridized carbons (Fsp3) is 0.217. The molecule has 2 nitrogen and oxygen atoms in total. The summed E-state index contributed by atoms with van der Waals surface area (Å²) in [6.45, 7) is 13.9. The Kier molecular flexibility index (Phi) is 10.0. The van der Waals surface area contributed by atoms with Crippen LogP contribution in [0.15, 0.2) is 89.4 Å². The van der Waals surface area contributed by atoms with E-state index in [0.717, 1.165) is 22.8 Å². The number of anilines is 1. The first-order valence-corrected chi connectivity index (χ1v) is 9.52. The Hall–Kier alpha value is -2.39. The number of hydrogen-bond donors (Lipinski definition) is 2. The SMILES string of the molecule is C=C(C)S/C(=C\C)C(=C)O.CCc1ccc(NCc2ccccc2)cc1. The summed E-state index contributed by atoms with van der Waals surface area (Å²) in [4.78, 5) is 1.72.